The summed E-state index contributed by atoms with van der Waals surface area (Å²) in [5.41, 5.74) is 0.728. The van der Waals surface area contributed by atoms with Crippen LogP contribution in [0.15, 0.2) is 65.6 Å². The second kappa shape index (κ2) is 12.2. The predicted molar refractivity (Wildman–Crippen MR) is 140 cm³/mol. The summed E-state index contributed by atoms with van der Waals surface area (Å²) in [7, 11) is 2.56. The summed E-state index contributed by atoms with van der Waals surface area (Å²) in [6.07, 6.45) is 0. The summed E-state index contributed by atoms with van der Waals surface area (Å²) in [5.74, 6) is -0.0893. The van der Waals surface area contributed by atoms with E-state index in [1.807, 2.05) is 0 Å². The number of amides is 1. The van der Waals surface area contributed by atoms with E-state index in [0.29, 0.717) is 22.7 Å². The average Bonchev–Trinajstić information content (AvgIpc) is 2.94. The number of esters is 1. The molecular formula is C26H28N2O9S. The van der Waals surface area contributed by atoms with E-state index >= 15 is 0 Å². The van der Waals surface area contributed by atoms with Crippen LogP contribution in [-0.4, -0.2) is 62.4 Å². The van der Waals surface area contributed by atoms with Crippen LogP contribution >= 0.6 is 0 Å². The van der Waals surface area contributed by atoms with Crippen molar-refractivity contribution in [2.75, 3.05) is 51.7 Å². The molecule has 3 aromatic rings. The Morgan fingerprint density at radius 3 is 1.97 bits per heavy atom. The van der Waals surface area contributed by atoms with E-state index in [-0.39, 0.29) is 22.1 Å². The first-order chi connectivity index (χ1) is 18.2. The molecule has 0 atom stereocenters. The zero-order valence-electron chi connectivity index (χ0n) is 21.5. The number of carbonyl (C=O) groups excluding carboxylic acids is 2. The molecule has 0 radical (unpaired) electrons. The molecule has 0 aliphatic rings. The fourth-order valence-electron chi connectivity index (χ4n) is 3.53. The van der Waals surface area contributed by atoms with Crippen LogP contribution in [0, 0.1) is 0 Å². The Balaban J connectivity index is 2.04. The Morgan fingerprint density at radius 2 is 1.39 bits per heavy atom. The van der Waals surface area contributed by atoms with Gasteiger partial charge in [0, 0.05) is 17.8 Å². The van der Waals surface area contributed by atoms with Gasteiger partial charge in [0.25, 0.3) is 10.0 Å². The Bertz CT molecular complexity index is 1410. The molecule has 0 heterocycles. The van der Waals surface area contributed by atoms with Crippen LogP contribution in [0.4, 0.5) is 11.4 Å². The van der Waals surface area contributed by atoms with Crippen molar-refractivity contribution in [3.63, 3.8) is 0 Å². The maximum absolute atomic E-state index is 13.9. The highest BCUT2D eigenvalue weighted by molar-refractivity contribution is 7.92. The lowest BCUT2D eigenvalue weighted by Gasteiger charge is -2.26. The summed E-state index contributed by atoms with van der Waals surface area (Å²) < 4.78 is 54.6. The number of nitrogens with zero attached hydrogens (tertiary/aromatic N) is 1. The summed E-state index contributed by atoms with van der Waals surface area (Å²) >= 11 is 0. The molecule has 202 valence electrons. The van der Waals surface area contributed by atoms with Crippen molar-refractivity contribution in [2.45, 2.75) is 4.90 Å². The molecule has 1 amide bonds. The van der Waals surface area contributed by atoms with E-state index in [9.17, 15) is 18.0 Å². The van der Waals surface area contributed by atoms with E-state index in [2.05, 4.69) is 10.1 Å². The highest BCUT2D eigenvalue weighted by Crippen LogP contribution is 2.37. The van der Waals surface area contributed by atoms with Gasteiger partial charge in [-0.25, -0.2) is 13.2 Å². The van der Waals surface area contributed by atoms with Gasteiger partial charge in [0.2, 0.25) is 5.91 Å². The lowest BCUT2D eigenvalue weighted by atomic mass is 10.2. The van der Waals surface area contributed by atoms with Gasteiger partial charge in [-0.1, -0.05) is 0 Å². The summed E-state index contributed by atoms with van der Waals surface area (Å²) in [5, 5.41) is 2.64. The van der Waals surface area contributed by atoms with Gasteiger partial charge in [0.1, 0.15) is 18.0 Å². The number of nitrogens with one attached hydrogen (secondary N) is 1. The van der Waals surface area contributed by atoms with Crippen LogP contribution in [0.5, 0.6) is 23.0 Å². The summed E-state index contributed by atoms with van der Waals surface area (Å²) in [6, 6.07) is 14.7. The molecule has 0 spiro atoms. The Labute approximate surface area is 220 Å². The first-order valence-corrected chi connectivity index (χ1v) is 12.6. The van der Waals surface area contributed by atoms with Crippen LogP contribution in [0.25, 0.3) is 0 Å². The van der Waals surface area contributed by atoms with Gasteiger partial charge >= 0.3 is 5.97 Å². The average molecular weight is 545 g/mol. The number of methoxy groups -OCH3 is 5. The summed E-state index contributed by atoms with van der Waals surface area (Å²) in [6.45, 7) is -0.612. The molecule has 38 heavy (non-hydrogen) atoms. The van der Waals surface area contributed by atoms with Gasteiger partial charge in [0.05, 0.1) is 51.7 Å². The third-order valence-electron chi connectivity index (χ3n) is 5.47. The van der Waals surface area contributed by atoms with Gasteiger partial charge in [0.15, 0.2) is 11.5 Å². The Morgan fingerprint density at radius 1 is 0.763 bits per heavy atom. The van der Waals surface area contributed by atoms with Crippen molar-refractivity contribution in [3.8, 4) is 23.0 Å². The number of ether oxygens (including phenoxy) is 5. The van der Waals surface area contributed by atoms with E-state index in [4.69, 9.17) is 18.9 Å². The molecule has 0 aromatic heterocycles. The topological polar surface area (TPSA) is 130 Å². The molecule has 12 heteroatoms. The monoisotopic (exact) mass is 544 g/mol. The normalized spacial score (nSPS) is 10.8. The minimum atomic E-state index is -4.34. The van der Waals surface area contributed by atoms with Crippen LogP contribution in [-0.2, 0) is 19.6 Å². The van der Waals surface area contributed by atoms with Gasteiger partial charge in [-0.2, -0.15) is 0 Å². The molecule has 0 unspecified atom stereocenters. The second-order valence-corrected chi connectivity index (χ2v) is 9.55. The smallest absolute Gasteiger partial charge is 0.337 e. The predicted octanol–water partition coefficient (Wildman–Crippen LogP) is 3.34. The fourth-order valence-corrected chi connectivity index (χ4v) is 4.97. The highest BCUT2D eigenvalue weighted by atomic mass is 32.2. The highest BCUT2D eigenvalue weighted by Gasteiger charge is 2.31. The van der Waals surface area contributed by atoms with Crippen LogP contribution in [0.1, 0.15) is 10.4 Å². The number of hydrogen-bond donors (Lipinski definition) is 1. The lowest BCUT2D eigenvalue weighted by molar-refractivity contribution is -0.114. The largest absolute Gasteiger partial charge is 0.497 e. The van der Waals surface area contributed by atoms with Gasteiger partial charge in [-0.15, -0.1) is 0 Å². The third kappa shape index (κ3) is 6.09. The number of carbonyl (C=O) groups is 2. The minimum Gasteiger partial charge on any atom is -0.497 e. The van der Waals surface area contributed by atoms with Crippen molar-refractivity contribution in [2.24, 2.45) is 0 Å². The van der Waals surface area contributed by atoms with Crippen molar-refractivity contribution in [3.05, 3.63) is 66.2 Å². The van der Waals surface area contributed by atoms with Gasteiger partial charge < -0.3 is 29.0 Å². The first-order valence-electron chi connectivity index (χ1n) is 11.1. The third-order valence-corrected chi connectivity index (χ3v) is 7.23. The second-order valence-electron chi connectivity index (χ2n) is 7.68. The Hall–Kier alpha value is -4.45. The maximum atomic E-state index is 13.9. The quantitative estimate of drug-likeness (QED) is 0.361. The molecule has 0 bridgehead atoms. The molecule has 0 saturated carbocycles. The Kier molecular flexibility index (Phi) is 9.02. The maximum Gasteiger partial charge on any atom is 0.337 e. The molecule has 0 aliphatic heterocycles. The molecule has 3 rings (SSSR count). The molecule has 1 N–H and O–H groups in total. The van der Waals surface area contributed by atoms with Gasteiger partial charge in [-0.05, 0) is 48.5 Å². The zero-order chi connectivity index (χ0) is 27.9. The number of anilines is 2. The SMILES string of the molecule is COC(=O)c1ccc(NC(=O)CN(c2cc(OC)ccc2OC)S(=O)(=O)c2ccc(OC)c(OC)c2)cc1. The minimum absolute atomic E-state index is 0.0813. The van der Waals surface area contributed by atoms with Crippen LogP contribution in [0.2, 0.25) is 0 Å². The molecule has 11 nitrogen and oxygen atoms in total. The lowest BCUT2D eigenvalue weighted by Crippen LogP contribution is -2.38. The molecule has 0 aliphatic carbocycles. The van der Waals surface area contributed by atoms with Gasteiger partial charge in [-0.3, -0.25) is 9.10 Å². The fraction of sp³-hybridized carbons (Fsp3) is 0.231. The number of hydrogen-bond acceptors (Lipinski definition) is 9. The first kappa shape index (κ1) is 28.1. The molecule has 0 fully saturated rings. The molecular weight excluding hydrogens is 516 g/mol. The van der Waals surface area contributed by atoms with Crippen molar-refractivity contribution >= 4 is 33.3 Å². The summed E-state index contributed by atoms with van der Waals surface area (Å²) in [4.78, 5) is 24.6. The number of rotatable bonds is 11. The van der Waals surface area contributed by atoms with E-state index < -0.39 is 28.4 Å². The van der Waals surface area contributed by atoms with E-state index in [0.717, 1.165) is 4.31 Å². The van der Waals surface area contributed by atoms with E-state index in [1.54, 1.807) is 6.07 Å². The van der Waals surface area contributed by atoms with E-state index in [1.165, 1.54) is 90.1 Å². The van der Waals surface area contributed by atoms with Crippen molar-refractivity contribution in [1.82, 2.24) is 0 Å². The standard InChI is InChI=1S/C26H28N2O9S/c1-33-19-10-12-22(34-2)21(14-19)28(38(31,32)20-11-13-23(35-3)24(15-20)36-4)16-25(29)27-18-8-6-17(7-9-18)26(30)37-5/h6-15H,16H2,1-5H3,(H,27,29). The molecule has 0 saturated heterocycles. The van der Waals surface area contributed by atoms with Crippen molar-refractivity contribution < 1.29 is 41.7 Å². The van der Waals surface area contributed by atoms with Crippen LogP contribution in [0.3, 0.4) is 0 Å². The number of sulfonamides is 1. The van der Waals surface area contributed by atoms with Crippen LogP contribution < -0.4 is 28.6 Å². The van der Waals surface area contributed by atoms with Crippen molar-refractivity contribution in [1.29, 1.82) is 0 Å². The molecule has 3 aromatic carbocycles. The number of benzene rings is 3. The zero-order valence-corrected chi connectivity index (χ0v) is 22.3.